The van der Waals surface area contributed by atoms with Gasteiger partial charge in [0.25, 0.3) is 0 Å². The quantitative estimate of drug-likeness (QED) is 0.658. The van der Waals surface area contributed by atoms with Gasteiger partial charge in [0.15, 0.2) is 0 Å². The van der Waals surface area contributed by atoms with Crippen LogP contribution in [0.5, 0.6) is 0 Å². The van der Waals surface area contributed by atoms with Crippen molar-refractivity contribution in [3.05, 3.63) is 47.9 Å². The topological polar surface area (TPSA) is 92.8 Å². The molecule has 3 aromatic rings. The van der Waals surface area contributed by atoms with Crippen molar-refractivity contribution < 1.29 is 9.53 Å². The zero-order valence-electron chi connectivity index (χ0n) is 17.5. The molecule has 5 rings (SSSR count). The lowest BCUT2D eigenvalue weighted by molar-refractivity contribution is -0.121. The summed E-state index contributed by atoms with van der Waals surface area (Å²) in [6.07, 6.45) is 9.82. The van der Waals surface area contributed by atoms with Crippen LogP contribution in [0.2, 0.25) is 0 Å². The van der Waals surface area contributed by atoms with Crippen LogP contribution in [0.1, 0.15) is 50.0 Å². The minimum absolute atomic E-state index is 0.0136. The van der Waals surface area contributed by atoms with Crippen LogP contribution in [0.4, 0.5) is 0 Å². The number of nitrogens with one attached hydrogen (secondary N) is 1. The molecule has 1 aliphatic carbocycles. The van der Waals surface area contributed by atoms with Crippen molar-refractivity contribution in [3.63, 3.8) is 0 Å². The number of pyridine rings is 1. The first kappa shape index (κ1) is 19.7. The van der Waals surface area contributed by atoms with Crippen LogP contribution in [-0.4, -0.2) is 39.2 Å². The van der Waals surface area contributed by atoms with Gasteiger partial charge < -0.3 is 14.6 Å². The maximum atomic E-state index is 12.8. The Morgan fingerprint density at radius 2 is 2.16 bits per heavy atom. The fourth-order valence-corrected chi connectivity index (χ4v) is 4.78. The van der Waals surface area contributed by atoms with Gasteiger partial charge in [-0.3, -0.25) is 9.78 Å². The second-order valence-electron chi connectivity index (χ2n) is 8.48. The Hall–Kier alpha value is -3.24. The number of nitriles is 1. The van der Waals surface area contributed by atoms with Gasteiger partial charge in [-0.15, -0.1) is 0 Å². The van der Waals surface area contributed by atoms with E-state index in [1.165, 1.54) is 0 Å². The summed E-state index contributed by atoms with van der Waals surface area (Å²) < 4.78 is 7.99. The summed E-state index contributed by atoms with van der Waals surface area (Å²) in [4.78, 5) is 22.2. The van der Waals surface area contributed by atoms with Crippen molar-refractivity contribution in [2.75, 3.05) is 6.61 Å². The molecule has 2 aromatic heterocycles. The zero-order valence-corrected chi connectivity index (χ0v) is 17.5. The van der Waals surface area contributed by atoms with Gasteiger partial charge in [-0.1, -0.05) is 12.2 Å². The Balaban J connectivity index is 1.61. The normalized spacial score (nSPS) is 21.5. The standard InChI is InChI=1S/C24H25N5O2/c1-15-10-18(8-9-31-15)29-22(12-23(30)27-17-4-2-3-5-17)28-21-14-26-20-7-6-16(13-25)11-19(20)24(21)29/h2-3,6-7,11,14-15,17-18H,4-5,8-10,12H2,1H3,(H,27,30)/t15-,18-/m1/s1. The Kier molecular flexibility index (Phi) is 5.16. The molecule has 31 heavy (non-hydrogen) atoms. The largest absolute Gasteiger partial charge is 0.378 e. The molecule has 0 spiro atoms. The third-order valence-electron chi connectivity index (χ3n) is 6.23. The molecular formula is C24H25N5O2. The minimum Gasteiger partial charge on any atom is -0.378 e. The molecule has 1 aliphatic heterocycles. The lowest BCUT2D eigenvalue weighted by Crippen LogP contribution is -2.35. The van der Waals surface area contributed by atoms with Gasteiger partial charge in [0, 0.05) is 24.1 Å². The molecular weight excluding hydrogens is 390 g/mol. The molecule has 2 aliphatic rings. The predicted octanol–water partition coefficient (Wildman–Crippen LogP) is 3.57. The van der Waals surface area contributed by atoms with Gasteiger partial charge in [0.05, 0.1) is 41.4 Å². The molecule has 3 heterocycles. The van der Waals surface area contributed by atoms with Crippen molar-refractivity contribution >= 4 is 27.8 Å². The molecule has 0 saturated carbocycles. The SMILES string of the molecule is C[C@@H]1C[C@H](n2c(CC(=O)NC3CC=CC3)nc3cnc4ccc(C#N)cc4c32)CCO1. The Morgan fingerprint density at radius 1 is 1.32 bits per heavy atom. The molecule has 1 aromatic carbocycles. The van der Waals surface area contributed by atoms with E-state index in [9.17, 15) is 10.1 Å². The number of carbonyl (C=O) groups is 1. The lowest BCUT2D eigenvalue weighted by atomic mass is 10.0. The molecule has 0 unspecified atom stereocenters. The van der Waals surface area contributed by atoms with Gasteiger partial charge in [-0.05, 0) is 50.8 Å². The van der Waals surface area contributed by atoms with E-state index in [1.54, 1.807) is 12.3 Å². The van der Waals surface area contributed by atoms with Crippen molar-refractivity contribution in [2.24, 2.45) is 0 Å². The first-order chi connectivity index (χ1) is 15.1. The van der Waals surface area contributed by atoms with E-state index >= 15 is 0 Å². The number of hydrogen-bond acceptors (Lipinski definition) is 5. The van der Waals surface area contributed by atoms with Crippen LogP contribution in [0.25, 0.3) is 21.9 Å². The molecule has 2 atom stereocenters. The molecule has 7 heteroatoms. The van der Waals surface area contributed by atoms with E-state index in [1.807, 2.05) is 12.1 Å². The molecule has 158 valence electrons. The predicted molar refractivity (Wildman–Crippen MR) is 117 cm³/mol. The molecule has 0 radical (unpaired) electrons. The highest BCUT2D eigenvalue weighted by Crippen LogP contribution is 2.34. The fourth-order valence-electron chi connectivity index (χ4n) is 4.78. The van der Waals surface area contributed by atoms with E-state index in [0.717, 1.165) is 53.4 Å². The molecule has 1 saturated heterocycles. The molecule has 7 nitrogen and oxygen atoms in total. The van der Waals surface area contributed by atoms with Crippen LogP contribution >= 0.6 is 0 Å². The highest BCUT2D eigenvalue weighted by Gasteiger charge is 2.27. The Bertz CT molecular complexity index is 1210. The monoisotopic (exact) mass is 415 g/mol. The minimum atomic E-state index is -0.0136. The van der Waals surface area contributed by atoms with E-state index in [2.05, 4.69) is 40.0 Å². The number of aromatic nitrogens is 3. The van der Waals surface area contributed by atoms with Crippen LogP contribution in [0.15, 0.2) is 36.5 Å². The number of benzene rings is 1. The number of hydrogen-bond donors (Lipinski definition) is 1. The molecule has 1 N–H and O–H groups in total. The lowest BCUT2D eigenvalue weighted by Gasteiger charge is -2.30. The van der Waals surface area contributed by atoms with E-state index in [0.29, 0.717) is 12.2 Å². The number of fused-ring (bicyclic) bond motifs is 3. The summed E-state index contributed by atoms with van der Waals surface area (Å²) >= 11 is 0. The second kappa shape index (κ2) is 8.12. The van der Waals surface area contributed by atoms with E-state index in [4.69, 9.17) is 9.72 Å². The number of nitrogens with zero attached hydrogens (tertiary/aromatic N) is 4. The summed E-state index contributed by atoms with van der Waals surface area (Å²) in [6.45, 7) is 2.76. The molecule has 1 fully saturated rings. The average Bonchev–Trinajstić information content (AvgIpc) is 3.40. The van der Waals surface area contributed by atoms with Crippen LogP contribution in [0, 0.1) is 11.3 Å². The van der Waals surface area contributed by atoms with Crippen LogP contribution < -0.4 is 5.32 Å². The highest BCUT2D eigenvalue weighted by molar-refractivity contribution is 6.03. The Labute approximate surface area is 180 Å². The van der Waals surface area contributed by atoms with Gasteiger partial charge in [0.2, 0.25) is 5.91 Å². The van der Waals surface area contributed by atoms with Gasteiger partial charge in [-0.2, -0.15) is 5.26 Å². The first-order valence-corrected chi connectivity index (χ1v) is 10.9. The summed E-state index contributed by atoms with van der Waals surface area (Å²) in [6, 6.07) is 8.10. The Morgan fingerprint density at radius 3 is 2.94 bits per heavy atom. The van der Waals surface area contributed by atoms with Crippen molar-refractivity contribution in [1.29, 1.82) is 5.26 Å². The van der Waals surface area contributed by atoms with Gasteiger partial charge in [-0.25, -0.2) is 4.98 Å². The molecule has 1 amide bonds. The van der Waals surface area contributed by atoms with Crippen LogP contribution in [-0.2, 0) is 16.0 Å². The van der Waals surface area contributed by atoms with Gasteiger partial charge >= 0.3 is 0 Å². The van der Waals surface area contributed by atoms with Gasteiger partial charge in [0.1, 0.15) is 11.3 Å². The highest BCUT2D eigenvalue weighted by atomic mass is 16.5. The number of ether oxygens (including phenoxy) is 1. The number of carbonyl (C=O) groups excluding carboxylic acids is 1. The third-order valence-corrected chi connectivity index (χ3v) is 6.23. The van der Waals surface area contributed by atoms with E-state index in [-0.39, 0.29) is 30.5 Å². The summed E-state index contributed by atoms with van der Waals surface area (Å²) in [5.41, 5.74) is 3.11. The van der Waals surface area contributed by atoms with Crippen molar-refractivity contribution in [2.45, 2.75) is 57.2 Å². The van der Waals surface area contributed by atoms with Crippen molar-refractivity contribution in [3.8, 4) is 6.07 Å². The van der Waals surface area contributed by atoms with Crippen LogP contribution in [0.3, 0.4) is 0 Å². The smallest absolute Gasteiger partial charge is 0.227 e. The number of amides is 1. The first-order valence-electron chi connectivity index (χ1n) is 10.9. The maximum absolute atomic E-state index is 12.8. The fraction of sp³-hybridized carbons (Fsp3) is 0.417. The maximum Gasteiger partial charge on any atom is 0.227 e. The average molecular weight is 415 g/mol. The third kappa shape index (κ3) is 3.79. The molecule has 0 bridgehead atoms. The number of imidazole rings is 1. The van der Waals surface area contributed by atoms with E-state index < -0.39 is 0 Å². The zero-order chi connectivity index (χ0) is 21.4. The van der Waals surface area contributed by atoms with Crippen molar-refractivity contribution in [1.82, 2.24) is 19.9 Å². The summed E-state index contributed by atoms with van der Waals surface area (Å²) in [5, 5.41) is 13.4. The second-order valence-corrected chi connectivity index (χ2v) is 8.48. The summed E-state index contributed by atoms with van der Waals surface area (Å²) in [7, 11) is 0. The number of rotatable bonds is 4. The summed E-state index contributed by atoms with van der Waals surface area (Å²) in [5.74, 6) is 0.731.